The average molecular weight is 539 g/mol. The zero-order valence-corrected chi connectivity index (χ0v) is 24.4. The summed E-state index contributed by atoms with van der Waals surface area (Å²) in [4.78, 5) is 28.7. The molecule has 0 saturated carbocycles. The second-order valence-electron chi connectivity index (χ2n) is 11.0. The summed E-state index contributed by atoms with van der Waals surface area (Å²) in [6, 6.07) is 15.8. The normalized spacial score (nSPS) is 13.5. The molecule has 0 spiro atoms. The Bertz CT molecular complexity index is 1020. The lowest BCUT2D eigenvalue weighted by Gasteiger charge is -2.32. The maximum Gasteiger partial charge on any atom is 0.407 e. The van der Waals surface area contributed by atoms with Gasteiger partial charge in [0, 0.05) is 25.7 Å². The molecule has 39 heavy (non-hydrogen) atoms. The number of amides is 2. The van der Waals surface area contributed by atoms with E-state index in [1.807, 2.05) is 52.0 Å². The minimum absolute atomic E-state index is 0.0388. The SMILES string of the molecule is CCOC(CN(CCC(C)C)C(=O)C(CC(C)C)NC(=O)OCC1c2ccccc2-c2ccccc21)OCC. The third-order valence-electron chi connectivity index (χ3n) is 7.00. The van der Waals surface area contributed by atoms with Gasteiger partial charge >= 0.3 is 6.09 Å². The van der Waals surface area contributed by atoms with Crippen molar-refractivity contribution in [1.29, 1.82) is 0 Å². The van der Waals surface area contributed by atoms with Gasteiger partial charge in [-0.05, 0) is 60.8 Å². The molecule has 7 heteroatoms. The summed E-state index contributed by atoms with van der Waals surface area (Å²) < 4.78 is 17.2. The minimum atomic E-state index is -0.697. The van der Waals surface area contributed by atoms with Crippen LogP contribution in [0.3, 0.4) is 0 Å². The highest BCUT2D eigenvalue weighted by Crippen LogP contribution is 2.44. The van der Waals surface area contributed by atoms with Crippen LogP contribution in [0.5, 0.6) is 0 Å². The third kappa shape index (κ3) is 8.54. The van der Waals surface area contributed by atoms with E-state index in [4.69, 9.17) is 14.2 Å². The average Bonchev–Trinajstić information content (AvgIpc) is 3.22. The highest BCUT2D eigenvalue weighted by Gasteiger charge is 2.32. The largest absolute Gasteiger partial charge is 0.449 e. The second kappa shape index (κ2) is 15.0. The van der Waals surface area contributed by atoms with E-state index in [0.29, 0.717) is 38.6 Å². The molecule has 0 saturated heterocycles. The molecule has 1 aliphatic rings. The molecule has 2 aromatic rings. The molecule has 1 atom stereocenters. The van der Waals surface area contributed by atoms with Crippen molar-refractivity contribution in [3.05, 3.63) is 59.7 Å². The Labute approximate surface area is 234 Å². The summed E-state index contributed by atoms with van der Waals surface area (Å²) in [5, 5.41) is 2.89. The molecular formula is C32H46N2O5. The Morgan fingerprint density at radius 3 is 1.95 bits per heavy atom. The molecule has 1 unspecified atom stereocenters. The van der Waals surface area contributed by atoms with E-state index in [9.17, 15) is 9.59 Å². The molecule has 7 nitrogen and oxygen atoms in total. The van der Waals surface area contributed by atoms with Crippen molar-refractivity contribution < 1.29 is 23.8 Å². The number of hydrogen-bond acceptors (Lipinski definition) is 5. The van der Waals surface area contributed by atoms with Gasteiger partial charge in [-0.3, -0.25) is 4.79 Å². The molecular weight excluding hydrogens is 492 g/mol. The maximum absolute atomic E-state index is 13.8. The van der Waals surface area contributed by atoms with Crippen molar-refractivity contribution in [3.63, 3.8) is 0 Å². The van der Waals surface area contributed by atoms with Crippen LogP contribution in [0, 0.1) is 11.8 Å². The lowest BCUT2D eigenvalue weighted by atomic mass is 9.98. The van der Waals surface area contributed by atoms with E-state index in [1.165, 1.54) is 11.1 Å². The molecule has 3 rings (SSSR count). The highest BCUT2D eigenvalue weighted by atomic mass is 16.7. The van der Waals surface area contributed by atoms with Crippen LogP contribution in [0.2, 0.25) is 0 Å². The van der Waals surface area contributed by atoms with E-state index in [0.717, 1.165) is 17.5 Å². The number of carbonyl (C=O) groups is 2. The first kappa shape index (κ1) is 30.6. The van der Waals surface area contributed by atoms with E-state index < -0.39 is 18.4 Å². The fourth-order valence-electron chi connectivity index (χ4n) is 5.11. The Hall–Kier alpha value is -2.90. The number of fused-ring (bicyclic) bond motifs is 3. The predicted molar refractivity (Wildman–Crippen MR) is 155 cm³/mol. The van der Waals surface area contributed by atoms with Crippen molar-refractivity contribution in [2.75, 3.05) is 32.9 Å². The smallest absolute Gasteiger partial charge is 0.407 e. The number of rotatable bonds is 15. The van der Waals surface area contributed by atoms with Gasteiger partial charge in [0.25, 0.3) is 0 Å². The first-order valence-electron chi connectivity index (χ1n) is 14.4. The molecule has 1 aliphatic carbocycles. The molecule has 2 aromatic carbocycles. The molecule has 0 fully saturated rings. The molecule has 1 N–H and O–H groups in total. The summed E-state index contributed by atoms with van der Waals surface area (Å²) in [7, 11) is 0. The number of nitrogens with zero attached hydrogens (tertiary/aromatic N) is 1. The molecule has 0 radical (unpaired) electrons. The first-order chi connectivity index (χ1) is 18.7. The van der Waals surface area contributed by atoms with Crippen molar-refractivity contribution in [1.82, 2.24) is 10.2 Å². The standard InChI is InChI=1S/C32H46N2O5/c1-7-37-30(38-8-2)20-34(18-17-22(3)4)31(35)29(19-23(5)6)33-32(36)39-21-28-26-15-11-9-13-24(26)25-14-10-12-16-27(25)28/h9-16,22-23,28-30H,7-8,17-21H2,1-6H3,(H,33,36). The third-order valence-corrected chi connectivity index (χ3v) is 7.00. The van der Waals surface area contributed by atoms with Gasteiger partial charge in [-0.25, -0.2) is 4.79 Å². The lowest BCUT2D eigenvalue weighted by Crippen LogP contribution is -2.52. The molecule has 0 aliphatic heterocycles. The maximum atomic E-state index is 13.8. The van der Waals surface area contributed by atoms with Gasteiger partial charge in [0.1, 0.15) is 12.6 Å². The molecule has 2 amide bonds. The van der Waals surface area contributed by atoms with Crippen LogP contribution in [0.25, 0.3) is 11.1 Å². The van der Waals surface area contributed by atoms with Crippen LogP contribution in [0.4, 0.5) is 4.79 Å². The summed E-state index contributed by atoms with van der Waals surface area (Å²) >= 11 is 0. The van der Waals surface area contributed by atoms with Gasteiger partial charge in [-0.1, -0.05) is 76.2 Å². The Morgan fingerprint density at radius 2 is 1.44 bits per heavy atom. The first-order valence-corrected chi connectivity index (χ1v) is 14.4. The number of nitrogens with one attached hydrogen (secondary N) is 1. The van der Waals surface area contributed by atoms with Gasteiger partial charge in [-0.2, -0.15) is 0 Å². The van der Waals surface area contributed by atoms with Crippen LogP contribution in [0.15, 0.2) is 48.5 Å². The van der Waals surface area contributed by atoms with E-state index in [2.05, 4.69) is 43.4 Å². The van der Waals surface area contributed by atoms with Crippen molar-refractivity contribution in [2.45, 2.75) is 72.6 Å². The Morgan fingerprint density at radius 1 is 0.872 bits per heavy atom. The van der Waals surface area contributed by atoms with Gasteiger partial charge in [0.15, 0.2) is 6.29 Å². The zero-order chi connectivity index (χ0) is 28.4. The van der Waals surface area contributed by atoms with Crippen LogP contribution in [-0.4, -0.2) is 62.1 Å². The quantitative estimate of drug-likeness (QED) is 0.273. The minimum Gasteiger partial charge on any atom is -0.449 e. The Kier molecular flexibility index (Phi) is 11.8. The summed E-state index contributed by atoms with van der Waals surface area (Å²) in [5.41, 5.74) is 4.65. The number of benzene rings is 2. The molecule has 0 heterocycles. The van der Waals surface area contributed by atoms with Crippen LogP contribution >= 0.6 is 0 Å². The number of ether oxygens (including phenoxy) is 3. The van der Waals surface area contributed by atoms with Gasteiger partial charge in [0.05, 0.1) is 6.54 Å². The van der Waals surface area contributed by atoms with E-state index in [-0.39, 0.29) is 24.3 Å². The van der Waals surface area contributed by atoms with E-state index >= 15 is 0 Å². The van der Waals surface area contributed by atoms with Crippen LogP contribution < -0.4 is 5.32 Å². The number of carbonyl (C=O) groups excluding carboxylic acids is 2. The summed E-state index contributed by atoms with van der Waals surface area (Å²) in [6.45, 7) is 14.2. The monoisotopic (exact) mass is 538 g/mol. The fraction of sp³-hybridized carbons (Fsp3) is 0.562. The van der Waals surface area contributed by atoms with Crippen LogP contribution in [0.1, 0.15) is 71.4 Å². The molecule has 0 bridgehead atoms. The second-order valence-corrected chi connectivity index (χ2v) is 11.0. The van der Waals surface area contributed by atoms with E-state index in [1.54, 1.807) is 4.90 Å². The lowest BCUT2D eigenvalue weighted by molar-refractivity contribution is -0.160. The molecule has 214 valence electrons. The van der Waals surface area contributed by atoms with Gasteiger partial charge in [0.2, 0.25) is 5.91 Å². The summed E-state index contributed by atoms with van der Waals surface area (Å²) in [5.74, 6) is 0.455. The highest BCUT2D eigenvalue weighted by molar-refractivity contribution is 5.86. The van der Waals surface area contributed by atoms with Crippen molar-refractivity contribution in [2.24, 2.45) is 11.8 Å². The van der Waals surface area contributed by atoms with Gasteiger partial charge in [-0.15, -0.1) is 0 Å². The topological polar surface area (TPSA) is 77.1 Å². The fourth-order valence-corrected chi connectivity index (χ4v) is 5.11. The zero-order valence-electron chi connectivity index (χ0n) is 24.4. The van der Waals surface area contributed by atoms with Gasteiger partial charge < -0.3 is 24.4 Å². The number of hydrogen-bond donors (Lipinski definition) is 1. The van der Waals surface area contributed by atoms with Crippen molar-refractivity contribution >= 4 is 12.0 Å². The Balaban J connectivity index is 1.71. The summed E-state index contributed by atoms with van der Waals surface area (Å²) in [6.07, 6.45) is 0.265. The van der Waals surface area contributed by atoms with Crippen molar-refractivity contribution in [3.8, 4) is 11.1 Å². The molecule has 0 aromatic heterocycles. The van der Waals surface area contributed by atoms with Crippen LogP contribution in [-0.2, 0) is 19.0 Å². The number of alkyl carbamates (subject to hydrolysis) is 1. The predicted octanol–water partition coefficient (Wildman–Crippen LogP) is 6.21.